The molecule has 0 spiro atoms. The summed E-state index contributed by atoms with van der Waals surface area (Å²) in [4.78, 5) is 0. The normalized spacial score (nSPS) is 28.9. The van der Waals surface area contributed by atoms with E-state index in [1.54, 1.807) is 0 Å². The van der Waals surface area contributed by atoms with Gasteiger partial charge in [-0.05, 0) is 25.8 Å². The molecule has 2 fully saturated rings. The van der Waals surface area contributed by atoms with Crippen LogP contribution in [0.25, 0.3) is 0 Å². The first-order valence-corrected chi connectivity index (χ1v) is 11.9. The lowest BCUT2D eigenvalue weighted by atomic mass is 9.86. The minimum Gasteiger partial charge on any atom is -0.349 e. The molecule has 0 aromatic heterocycles. The van der Waals surface area contributed by atoms with Crippen LogP contribution in [-0.2, 0) is 25.6 Å². The van der Waals surface area contributed by atoms with Crippen molar-refractivity contribution in [3.63, 3.8) is 0 Å². The number of ether oxygens (including phenoxy) is 4. The number of fused-ring (bicyclic) bond motifs is 1. The van der Waals surface area contributed by atoms with Gasteiger partial charge in [0.25, 0.3) is 0 Å². The van der Waals surface area contributed by atoms with E-state index in [1.165, 1.54) is 44.9 Å². The second-order valence-electron chi connectivity index (χ2n) is 9.30. The molecule has 5 heteroatoms. The fourth-order valence-corrected chi connectivity index (χ4v) is 4.57. The molecular formula is C25H41NO4. The number of unbranched alkanes of at least 4 members (excludes halogenated alkanes) is 6. The van der Waals surface area contributed by atoms with Crippen LogP contribution in [0.2, 0.25) is 0 Å². The van der Waals surface area contributed by atoms with Crippen LogP contribution >= 0.6 is 0 Å². The van der Waals surface area contributed by atoms with Crippen molar-refractivity contribution in [3.05, 3.63) is 35.9 Å². The third-order valence-corrected chi connectivity index (χ3v) is 6.25. The minimum atomic E-state index is -0.644. The highest BCUT2D eigenvalue weighted by Crippen LogP contribution is 2.39. The summed E-state index contributed by atoms with van der Waals surface area (Å²) in [5, 5.41) is 0. The average Bonchev–Trinajstić information content (AvgIpc) is 3.07. The van der Waals surface area contributed by atoms with Gasteiger partial charge in [0, 0.05) is 12.0 Å². The van der Waals surface area contributed by atoms with Gasteiger partial charge in [0.15, 0.2) is 12.1 Å². The quantitative estimate of drug-likeness (QED) is 0.474. The van der Waals surface area contributed by atoms with Gasteiger partial charge in [-0.3, -0.25) is 0 Å². The van der Waals surface area contributed by atoms with Crippen LogP contribution in [0.4, 0.5) is 0 Å². The lowest BCUT2D eigenvalue weighted by Gasteiger charge is -2.39. The third kappa shape index (κ3) is 6.76. The summed E-state index contributed by atoms with van der Waals surface area (Å²) in [6, 6.07) is 10.2. The summed E-state index contributed by atoms with van der Waals surface area (Å²) in [7, 11) is 0. The van der Waals surface area contributed by atoms with Gasteiger partial charge in [-0.1, -0.05) is 82.2 Å². The van der Waals surface area contributed by atoms with Gasteiger partial charge in [0.05, 0.1) is 19.3 Å². The van der Waals surface area contributed by atoms with Crippen LogP contribution in [0, 0.1) is 5.92 Å². The zero-order valence-electron chi connectivity index (χ0n) is 19.1. The van der Waals surface area contributed by atoms with Gasteiger partial charge in [0.2, 0.25) is 0 Å². The summed E-state index contributed by atoms with van der Waals surface area (Å²) in [6.07, 6.45) is 9.30. The molecule has 0 amide bonds. The summed E-state index contributed by atoms with van der Waals surface area (Å²) in [6.45, 7) is 7.22. The van der Waals surface area contributed by atoms with E-state index in [2.05, 4.69) is 19.1 Å². The Balaban J connectivity index is 1.49. The molecule has 1 aromatic carbocycles. The van der Waals surface area contributed by atoms with Gasteiger partial charge in [-0.2, -0.15) is 0 Å². The highest BCUT2D eigenvalue weighted by molar-refractivity contribution is 5.13. The largest absolute Gasteiger partial charge is 0.349 e. The van der Waals surface area contributed by atoms with Crippen molar-refractivity contribution < 1.29 is 18.9 Å². The topological polar surface area (TPSA) is 62.9 Å². The molecule has 170 valence electrons. The summed E-state index contributed by atoms with van der Waals surface area (Å²) >= 11 is 0. The zero-order chi connectivity index (χ0) is 21.4. The van der Waals surface area contributed by atoms with Gasteiger partial charge in [-0.25, -0.2) is 0 Å². The zero-order valence-corrected chi connectivity index (χ0v) is 19.1. The van der Waals surface area contributed by atoms with E-state index in [-0.39, 0.29) is 24.2 Å². The van der Waals surface area contributed by atoms with Crippen molar-refractivity contribution in [2.24, 2.45) is 11.7 Å². The highest BCUT2D eigenvalue weighted by Gasteiger charge is 2.53. The molecule has 2 N–H and O–H groups in total. The molecule has 2 saturated heterocycles. The third-order valence-electron chi connectivity index (χ3n) is 6.25. The maximum atomic E-state index is 6.61. The molecule has 2 aliphatic rings. The first-order valence-electron chi connectivity index (χ1n) is 11.9. The first kappa shape index (κ1) is 23.7. The van der Waals surface area contributed by atoms with Crippen molar-refractivity contribution in [1.82, 2.24) is 0 Å². The highest BCUT2D eigenvalue weighted by atomic mass is 16.8. The van der Waals surface area contributed by atoms with Crippen LogP contribution < -0.4 is 5.73 Å². The van der Waals surface area contributed by atoms with E-state index < -0.39 is 12.1 Å². The average molecular weight is 420 g/mol. The summed E-state index contributed by atoms with van der Waals surface area (Å²) in [5.41, 5.74) is 7.73. The Morgan fingerprint density at radius 2 is 1.67 bits per heavy atom. The Bertz CT molecular complexity index is 608. The van der Waals surface area contributed by atoms with Crippen LogP contribution in [0.5, 0.6) is 0 Å². The Morgan fingerprint density at radius 1 is 1.00 bits per heavy atom. The molecule has 0 bridgehead atoms. The van der Waals surface area contributed by atoms with E-state index in [1.807, 2.05) is 32.0 Å². The predicted octanol–water partition coefficient (Wildman–Crippen LogP) is 5.16. The van der Waals surface area contributed by atoms with Crippen LogP contribution in [-0.4, -0.2) is 36.9 Å². The molecule has 0 radical (unpaired) electrons. The van der Waals surface area contributed by atoms with Gasteiger partial charge < -0.3 is 24.7 Å². The fourth-order valence-electron chi connectivity index (χ4n) is 4.57. The summed E-state index contributed by atoms with van der Waals surface area (Å²) in [5.74, 6) is -0.511. The van der Waals surface area contributed by atoms with Crippen LogP contribution in [0.3, 0.4) is 0 Å². The van der Waals surface area contributed by atoms with E-state index in [4.69, 9.17) is 24.7 Å². The molecule has 0 saturated carbocycles. The van der Waals surface area contributed by atoms with E-state index in [0.717, 1.165) is 12.0 Å². The Morgan fingerprint density at radius 3 is 2.40 bits per heavy atom. The number of hydrogen-bond donors (Lipinski definition) is 1. The molecule has 5 atom stereocenters. The monoisotopic (exact) mass is 419 g/mol. The van der Waals surface area contributed by atoms with Gasteiger partial charge in [-0.15, -0.1) is 0 Å². The molecule has 30 heavy (non-hydrogen) atoms. The smallest absolute Gasteiger partial charge is 0.186 e. The fraction of sp³-hybridized carbons (Fsp3) is 0.760. The van der Waals surface area contributed by atoms with Crippen molar-refractivity contribution in [3.8, 4) is 0 Å². The Hall–Kier alpha value is -0.980. The number of hydrogen-bond acceptors (Lipinski definition) is 5. The maximum absolute atomic E-state index is 6.61. The molecule has 2 heterocycles. The van der Waals surface area contributed by atoms with E-state index in [0.29, 0.717) is 13.2 Å². The standard InChI is InChI=1S/C25H41NO4/c1-4-5-6-7-8-9-13-16-21(26)20-18-28-24(23-22(20)29-25(2,3)30-23)27-17-19-14-11-10-12-15-19/h10-12,14-15,20-24H,4-9,13,16-18,26H2,1-3H3/t20-,21?,22-,23+,24-/m1/s1. The molecule has 1 unspecified atom stereocenters. The Kier molecular flexibility index (Phi) is 9.14. The maximum Gasteiger partial charge on any atom is 0.186 e. The van der Waals surface area contributed by atoms with E-state index in [9.17, 15) is 0 Å². The number of benzene rings is 1. The van der Waals surface area contributed by atoms with Crippen molar-refractivity contribution in [2.45, 2.75) is 109 Å². The first-order chi connectivity index (χ1) is 14.5. The van der Waals surface area contributed by atoms with Gasteiger partial charge in [0.1, 0.15) is 6.10 Å². The van der Waals surface area contributed by atoms with E-state index >= 15 is 0 Å². The van der Waals surface area contributed by atoms with Crippen molar-refractivity contribution >= 4 is 0 Å². The lowest BCUT2D eigenvalue weighted by Crippen LogP contribution is -2.54. The second kappa shape index (κ2) is 11.6. The minimum absolute atomic E-state index is 0.0562. The predicted molar refractivity (Wildman–Crippen MR) is 119 cm³/mol. The lowest BCUT2D eigenvalue weighted by molar-refractivity contribution is -0.245. The van der Waals surface area contributed by atoms with Crippen molar-refractivity contribution in [1.29, 1.82) is 0 Å². The molecule has 2 aliphatic heterocycles. The van der Waals surface area contributed by atoms with Crippen LogP contribution in [0.15, 0.2) is 30.3 Å². The number of nitrogens with two attached hydrogens (primary N) is 1. The molecular weight excluding hydrogens is 378 g/mol. The SMILES string of the molecule is CCCCCCCCCC(N)[C@H]1CO[C@@H](OCc2ccccc2)[C@H]2OC(C)(C)O[C@@H]21. The number of rotatable bonds is 12. The molecule has 3 rings (SSSR count). The molecule has 1 aromatic rings. The Labute approximate surface area is 182 Å². The van der Waals surface area contributed by atoms with Crippen molar-refractivity contribution in [2.75, 3.05) is 6.61 Å². The van der Waals surface area contributed by atoms with Gasteiger partial charge >= 0.3 is 0 Å². The van der Waals surface area contributed by atoms with Crippen LogP contribution in [0.1, 0.15) is 77.7 Å². The summed E-state index contributed by atoms with van der Waals surface area (Å²) < 4.78 is 24.7. The molecule has 0 aliphatic carbocycles. The molecule has 5 nitrogen and oxygen atoms in total. The second-order valence-corrected chi connectivity index (χ2v) is 9.30.